The van der Waals surface area contributed by atoms with Crippen molar-refractivity contribution in [2.75, 3.05) is 13.7 Å². The highest BCUT2D eigenvalue weighted by molar-refractivity contribution is 5.90. The summed E-state index contributed by atoms with van der Waals surface area (Å²) in [4.78, 5) is 27.1. The van der Waals surface area contributed by atoms with Crippen LogP contribution in [0.2, 0.25) is 0 Å². The van der Waals surface area contributed by atoms with Gasteiger partial charge in [0, 0.05) is 12.8 Å². The molecule has 1 aromatic carbocycles. The quantitative estimate of drug-likeness (QED) is 0.301. The van der Waals surface area contributed by atoms with Gasteiger partial charge < -0.3 is 29.2 Å². The molecule has 0 bridgehead atoms. The van der Waals surface area contributed by atoms with Crippen molar-refractivity contribution in [1.82, 2.24) is 15.0 Å². The summed E-state index contributed by atoms with van der Waals surface area (Å²) in [5.41, 5.74) is 0.313. The normalized spacial score (nSPS) is 41.6. The first kappa shape index (κ1) is 32.9. The number of Topliss-reactive ketones (excluding diaryl/α,β-unsaturated/α-hetero) is 1. The Balaban J connectivity index is 0.981. The second kappa shape index (κ2) is 11.6. The zero-order valence-electron chi connectivity index (χ0n) is 29.1. The third-order valence-electron chi connectivity index (χ3n) is 14.3. The number of aromatic nitrogens is 3. The maximum atomic E-state index is 14.4. The van der Waals surface area contributed by atoms with Crippen LogP contribution in [-0.2, 0) is 25.7 Å². The van der Waals surface area contributed by atoms with Crippen molar-refractivity contribution in [2.45, 2.75) is 109 Å². The summed E-state index contributed by atoms with van der Waals surface area (Å²) in [6.45, 7) is 8.60. The number of methoxy groups -OCH3 is 1. The minimum absolute atomic E-state index is 0.0665. The molecule has 4 saturated carbocycles. The van der Waals surface area contributed by atoms with Gasteiger partial charge in [-0.15, -0.1) is 5.10 Å². The lowest BCUT2D eigenvalue weighted by molar-refractivity contribution is -0.172. The minimum atomic E-state index is -0.913. The molecule has 0 unspecified atom stereocenters. The van der Waals surface area contributed by atoms with Crippen molar-refractivity contribution in [1.29, 1.82) is 0 Å². The summed E-state index contributed by atoms with van der Waals surface area (Å²) in [6, 6.07) is 6.75. The lowest BCUT2D eigenvalue weighted by Gasteiger charge is -2.59. The maximum Gasteiger partial charge on any atom is 0.336 e. The monoisotopic (exact) mass is 675 g/mol. The van der Waals surface area contributed by atoms with Crippen LogP contribution in [0.25, 0.3) is 0 Å². The summed E-state index contributed by atoms with van der Waals surface area (Å²) in [5.74, 6) is 2.68. The molecule has 2 N–H and O–H groups in total. The van der Waals surface area contributed by atoms with Gasteiger partial charge in [-0.1, -0.05) is 24.6 Å². The van der Waals surface area contributed by atoms with Gasteiger partial charge in [0.25, 0.3) is 0 Å². The number of ether oxygens (including phenoxy) is 4. The van der Waals surface area contributed by atoms with Gasteiger partial charge in [-0.25, -0.2) is 9.48 Å². The molecule has 2 aromatic rings. The fraction of sp³-hybridized carbons (Fsp3) is 0.684. The summed E-state index contributed by atoms with van der Waals surface area (Å²) in [5, 5.41) is 30.4. The van der Waals surface area contributed by atoms with Crippen molar-refractivity contribution < 1.29 is 38.7 Å². The van der Waals surface area contributed by atoms with E-state index in [0.29, 0.717) is 41.2 Å². The summed E-state index contributed by atoms with van der Waals surface area (Å²) in [6.07, 6.45) is 6.26. The molecule has 0 radical (unpaired) electrons. The average Bonchev–Trinajstić information content (AvgIpc) is 3.45. The van der Waals surface area contributed by atoms with Crippen LogP contribution in [0.1, 0.15) is 84.4 Å². The van der Waals surface area contributed by atoms with E-state index in [9.17, 15) is 19.8 Å². The molecule has 8 rings (SSSR count). The van der Waals surface area contributed by atoms with Crippen LogP contribution in [0.15, 0.2) is 41.6 Å². The number of carbonyl (C=O) groups is 2. The zero-order chi connectivity index (χ0) is 34.5. The van der Waals surface area contributed by atoms with Crippen molar-refractivity contribution in [3.05, 3.63) is 47.3 Å². The van der Waals surface area contributed by atoms with Gasteiger partial charge in [0.2, 0.25) is 0 Å². The van der Waals surface area contributed by atoms with Crippen LogP contribution in [0.3, 0.4) is 0 Å². The van der Waals surface area contributed by atoms with Crippen LogP contribution in [0.4, 0.5) is 0 Å². The Hall–Kier alpha value is -3.28. The average molecular weight is 676 g/mol. The number of cyclic esters (lactones) is 1. The molecule has 11 heteroatoms. The summed E-state index contributed by atoms with van der Waals surface area (Å²) < 4.78 is 25.2. The summed E-state index contributed by atoms with van der Waals surface area (Å²) in [7, 11) is 1.62. The van der Waals surface area contributed by atoms with Gasteiger partial charge in [-0.2, -0.15) is 0 Å². The molecule has 3 heterocycles. The first-order valence-electron chi connectivity index (χ1n) is 18.0. The lowest BCUT2D eigenvalue weighted by atomic mass is 9.43. The van der Waals surface area contributed by atoms with Gasteiger partial charge in [-0.05, 0) is 105 Å². The Kier molecular flexibility index (Phi) is 7.81. The topological polar surface area (TPSA) is 146 Å². The number of rotatable bonds is 8. The molecular formula is C38H49N3O8. The number of aliphatic hydroxyl groups excluding tert-OH is 2. The van der Waals surface area contributed by atoms with E-state index in [1.54, 1.807) is 18.0 Å². The van der Waals surface area contributed by atoms with E-state index in [1.807, 2.05) is 31.2 Å². The zero-order valence-corrected chi connectivity index (χ0v) is 29.1. The Labute approximate surface area is 287 Å². The minimum Gasteiger partial charge on any atom is -0.497 e. The second-order valence-electron chi connectivity index (χ2n) is 16.2. The second-order valence-corrected chi connectivity index (χ2v) is 16.2. The van der Waals surface area contributed by atoms with Crippen LogP contribution < -0.4 is 9.47 Å². The largest absolute Gasteiger partial charge is 0.497 e. The highest BCUT2D eigenvalue weighted by Gasteiger charge is 2.82. The van der Waals surface area contributed by atoms with Gasteiger partial charge in [0.05, 0.1) is 43.0 Å². The molecule has 264 valence electrons. The van der Waals surface area contributed by atoms with E-state index < -0.39 is 23.2 Å². The number of nitrogens with zero attached hydrogens (tertiary/aromatic N) is 3. The first-order valence-corrected chi connectivity index (χ1v) is 18.0. The van der Waals surface area contributed by atoms with Gasteiger partial charge in [0.1, 0.15) is 47.4 Å². The van der Waals surface area contributed by atoms with E-state index in [1.165, 1.54) is 0 Å². The van der Waals surface area contributed by atoms with E-state index in [0.717, 1.165) is 43.4 Å². The van der Waals surface area contributed by atoms with Crippen LogP contribution in [-0.4, -0.2) is 74.6 Å². The maximum absolute atomic E-state index is 14.4. The van der Waals surface area contributed by atoms with Crippen LogP contribution in [0.5, 0.6) is 11.5 Å². The van der Waals surface area contributed by atoms with Gasteiger partial charge in [0.15, 0.2) is 0 Å². The van der Waals surface area contributed by atoms with Crippen LogP contribution in [0, 0.1) is 40.4 Å². The molecule has 0 amide bonds. The van der Waals surface area contributed by atoms with Crippen molar-refractivity contribution in [2.24, 2.45) is 40.4 Å². The third kappa shape index (κ3) is 4.70. The van der Waals surface area contributed by atoms with E-state index in [2.05, 4.69) is 31.1 Å². The fourth-order valence-electron chi connectivity index (χ4n) is 11.7. The van der Waals surface area contributed by atoms with Crippen LogP contribution >= 0.6 is 0 Å². The molecule has 6 aliphatic rings. The Morgan fingerprint density at radius 3 is 2.55 bits per heavy atom. The summed E-state index contributed by atoms with van der Waals surface area (Å²) >= 11 is 0. The Bertz CT molecular complexity index is 1670. The molecule has 2 aliphatic heterocycles. The Morgan fingerprint density at radius 1 is 1.08 bits per heavy atom. The smallest absolute Gasteiger partial charge is 0.336 e. The fourth-order valence-corrected chi connectivity index (χ4v) is 11.7. The Morgan fingerprint density at radius 2 is 1.84 bits per heavy atom. The predicted octanol–water partition coefficient (Wildman–Crippen LogP) is 4.61. The highest BCUT2D eigenvalue weighted by atomic mass is 16.6. The van der Waals surface area contributed by atoms with Gasteiger partial charge >= 0.3 is 5.97 Å². The molecular weight excluding hydrogens is 626 g/mol. The standard InChI is InChI=1S/C38H49N3O8/c1-20-14-31(48-35(45)26(20)18-42)21(2)27-10-11-28-25-15-33-38(49-33)34(44)30(16-32(43)37(38,4)29(25)12-13-36(27,28)3)41-17-22(39-40-41)19-47-24-8-6-23(46-5)7-9-24/h6-9,17,21,25,27-31,33-34,42,44H,10-16,18-19H2,1-5H3/t21-,25-,27+,28-,29-,30-,31+,33+,34-,36+,37-,38-/m0/s1. The van der Waals surface area contributed by atoms with Crippen molar-refractivity contribution in [3.8, 4) is 11.5 Å². The lowest BCUT2D eigenvalue weighted by Crippen LogP contribution is -2.67. The molecule has 11 nitrogen and oxygen atoms in total. The number of benzene rings is 1. The van der Waals surface area contributed by atoms with E-state index in [-0.39, 0.29) is 60.8 Å². The molecule has 1 aromatic heterocycles. The third-order valence-corrected chi connectivity index (χ3v) is 14.3. The molecule has 1 spiro atoms. The molecule has 5 fully saturated rings. The SMILES string of the molecule is COc1ccc(OCc2cn([C@H]3CC(=O)[C@]4(C)[C@H]5CC[C@]6(C)[C@@H]([C@H](C)[C@H]7CC(C)=C(CO)C(=O)O7)CC[C@H]6[C@@H]5C[C@H]5O[C@]54[C@H]3O)nn2)cc1. The number of epoxide rings is 1. The molecule has 1 saturated heterocycles. The molecule has 49 heavy (non-hydrogen) atoms. The molecule has 4 aliphatic carbocycles. The number of hydrogen-bond donors (Lipinski definition) is 2. The van der Waals surface area contributed by atoms with E-state index >= 15 is 0 Å². The number of ketones is 1. The van der Waals surface area contributed by atoms with Crippen molar-refractivity contribution >= 4 is 11.8 Å². The first-order chi connectivity index (χ1) is 23.5. The molecule has 12 atom stereocenters. The number of hydrogen-bond acceptors (Lipinski definition) is 10. The predicted molar refractivity (Wildman–Crippen MR) is 176 cm³/mol. The van der Waals surface area contributed by atoms with E-state index in [4.69, 9.17) is 18.9 Å². The highest BCUT2D eigenvalue weighted by Crippen LogP contribution is 2.74. The number of carbonyl (C=O) groups excluding carboxylic acids is 2. The number of esters is 1. The number of aliphatic hydroxyl groups is 2. The van der Waals surface area contributed by atoms with Gasteiger partial charge in [-0.3, -0.25) is 4.79 Å². The number of fused-ring (bicyclic) bond motifs is 4. The van der Waals surface area contributed by atoms with Crippen molar-refractivity contribution in [3.63, 3.8) is 0 Å².